The third-order valence-electron chi connectivity index (χ3n) is 9.78. The molecule has 2 unspecified atom stereocenters. The number of fused-ring (bicyclic) bond motifs is 2. The molecule has 0 N–H and O–H groups in total. The van der Waals surface area contributed by atoms with Crippen LogP contribution in [0.15, 0.2) is 96.1 Å². The van der Waals surface area contributed by atoms with Gasteiger partial charge in [0.05, 0.1) is 0 Å². The standard InChI is InChI=1S/2C19H21.Zr/c2*1-3-19(4-2,16-10-6-7-11-16)18-14-13-15-9-5-8-12-17(15)18;/h2*5-6,8-10,12-14,18H,3-4,7H2,1-2H3;/q2*-1;+2. The van der Waals surface area contributed by atoms with Crippen LogP contribution in [0.2, 0.25) is 0 Å². The maximum absolute atomic E-state index is 3.58. The van der Waals surface area contributed by atoms with Crippen LogP contribution >= 0.6 is 0 Å². The Morgan fingerprint density at radius 2 is 0.974 bits per heavy atom. The van der Waals surface area contributed by atoms with Crippen LogP contribution in [0, 0.1) is 23.0 Å². The van der Waals surface area contributed by atoms with Crippen molar-refractivity contribution in [1.82, 2.24) is 0 Å². The minimum atomic E-state index is 0. The van der Waals surface area contributed by atoms with Crippen LogP contribution in [0.5, 0.6) is 0 Å². The fraction of sp³-hybridized carbons (Fsp3) is 0.368. The van der Waals surface area contributed by atoms with E-state index in [9.17, 15) is 0 Å². The summed E-state index contributed by atoms with van der Waals surface area (Å²) in [4.78, 5) is 0. The van der Waals surface area contributed by atoms with Gasteiger partial charge in [0.15, 0.2) is 0 Å². The normalized spacial score (nSPS) is 20.2. The van der Waals surface area contributed by atoms with Gasteiger partial charge in [-0.25, -0.2) is 23.3 Å². The van der Waals surface area contributed by atoms with E-state index in [0.29, 0.717) is 11.8 Å². The molecule has 0 bridgehead atoms. The Kier molecular flexibility index (Phi) is 9.88. The molecule has 2 aromatic rings. The van der Waals surface area contributed by atoms with Gasteiger partial charge in [0.2, 0.25) is 0 Å². The van der Waals surface area contributed by atoms with Crippen LogP contribution in [0.3, 0.4) is 0 Å². The molecule has 0 saturated heterocycles. The largest absolute Gasteiger partial charge is 2.00 e. The van der Waals surface area contributed by atoms with Gasteiger partial charge in [0.1, 0.15) is 0 Å². The molecule has 0 radical (unpaired) electrons. The van der Waals surface area contributed by atoms with E-state index >= 15 is 0 Å². The second-order valence-corrected chi connectivity index (χ2v) is 11.1. The third-order valence-corrected chi connectivity index (χ3v) is 9.78. The fourth-order valence-corrected chi connectivity index (χ4v) is 7.43. The first-order valence-corrected chi connectivity index (χ1v) is 14.7. The quantitative estimate of drug-likeness (QED) is 0.269. The van der Waals surface area contributed by atoms with Gasteiger partial charge in [-0.15, -0.1) is 12.8 Å². The molecule has 0 saturated carbocycles. The summed E-state index contributed by atoms with van der Waals surface area (Å²) < 4.78 is 0. The molecule has 198 valence electrons. The van der Waals surface area contributed by atoms with E-state index in [1.54, 1.807) is 0 Å². The molecule has 4 aliphatic carbocycles. The molecule has 0 spiro atoms. The molecule has 0 amide bonds. The van der Waals surface area contributed by atoms with Gasteiger partial charge in [-0.3, -0.25) is 12.2 Å². The molecule has 0 aliphatic heterocycles. The first-order valence-electron chi connectivity index (χ1n) is 14.7. The smallest absolute Gasteiger partial charge is 0.269 e. The summed E-state index contributed by atoms with van der Waals surface area (Å²) in [6.45, 7) is 9.27. The average Bonchev–Trinajstić information content (AvgIpc) is 3.79. The summed E-state index contributed by atoms with van der Waals surface area (Å²) in [6.07, 6.45) is 32.2. The second kappa shape index (κ2) is 13.0. The molecule has 6 rings (SSSR count). The Morgan fingerprint density at radius 3 is 1.31 bits per heavy atom. The van der Waals surface area contributed by atoms with E-state index in [1.807, 2.05) is 0 Å². The van der Waals surface area contributed by atoms with Gasteiger partial charge >= 0.3 is 26.2 Å². The second-order valence-electron chi connectivity index (χ2n) is 11.1. The van der Waals surface area contributed by atoms with Crippen molar-refractivity contribution in [3.05, 3.63) is 131 Å². The first kappa shape index (κ1) is 29.7. The predicted octanol–water partition coefficient (Wildman–Crippen LogP) is 10.6. The first-order chi connectivity index (χ1) is 18.6. The third kappa shape index (κ3) is 5.29. The molecular formula is C38H42Zr. The van der Waals surface area contributed by atoms with Gasteiger partial charge in [0, 0.05) is 11.8 Å². The number of benzene rings is 2. The van der Waals surface area contributed by atoms with Crippen LogP contribution < -0.4 is 0 Å². The average molecular weight is 590 g/mol. The van der Waals surface area contributed by atoms with E-state index in [0.717, 1.165) is 12.8 Å². The van der Waals surface area contributed by atoms with Crippen LogP contribution in [-0.2, 0) is 26.2 Å². The van der Waals surface area contributed by atoms with Gasteiger partial charge in [0.25, 0.3) is 0 Å². The Balaban J connectivity index is 0.000000176. The minimum Gasteiger partial charge on any atom is -0.269 e. The number of hydrogen-bond donors (Lipinski definition) is 0. The summed E-state index contributed by atoms with van der Waals surface area (Å²) in [7, 11) is 0. The van der Waals surface area contributed by atoms with Crippen molar-refractivity contribution in [3.63, 3.8) is 0 Å². The monoisotopic (exact) mass is 588 g/mol. The van der Waals surface area contributed by atoms with Crippen molar-refractivity contribution in [3.8, 4) is 0 Å². The van der Waals surface area contributed by atoms with Crippen LogP contribution in [0.1, 0.15) is 100 Å². The molecule has 39 heavy (non-hydrogen) atoms. The molecule has 2 atom stereocenters. The molecule has 2 aromatic carbocycles. The summed E-state index contributed by atoms with van der Waals surface area (Å²) in [5, 5.41) is 0. The van der Waals surface area contributed by atoms with Gasteiger partial charge in [-0.1, -0.05) is 101 Å². The zero-order chi connectivity index (χ0) is 26.6. The number of allylic oxidation sites excluding steroid dienone is 10. The van der Waals surface area contributed by atoms with E-state index in [-0.39, 0.29) is 37.0 Å². The van der Waals surface area contributed by atoms with Gasteiger partial charge in [-0.05, 0) is 58.8 Å². The van der Waals surface area contributed by atoms with Crippen molar-refractivity contribution >= 4 is 12.2 Å². The summed E-state index contributed by atoms with van der Waals surface area (Å²) >= 11 is 0. The van der Waals surface area contributed by atoms with Crippen molar-refractivity contribution < 1.29 is 26.2 Å². The zero-order valence-corrected chi connectivity index (χ0v) is 26.6. The zero-order valence-electron chi connectivity index (χ0n) is 24.1. The molecule has 1 heteroatoms. The molecule has 0 fully saturated rings. The number of rotatable bonds is 8. The summed E-state index contributed by atoms with van der Waals surface area (Å²) in [5.74, 6) is 1.01. The van der Waals surface area contributed by atoms with Crippen LogP contribution in [0.4, 0.5) is 0 Å². The van der Waals surface area contributed by atoms with Crippen molar-refractivity contribution in [2.75, 3.05) is 0 Å². The Morgan fingerprint density at radius 1 is 0.590 bits per heavy atom. The molecule has 0 aromatic heterocycles. The van der Waals surface area contributed by atoms with Crippen molar-refractivity contribution in [2.24, 2.45) is 10.8 Å². The maximum Gasteiger partial charge on any atom is 2.00 e. The number of hydrogen-bond acceptors (Lipinski definition) is 0. The Labute approximate surface area is 256 Å². The fourth-order valence-electron chi connectivity index (χ4n) is 7.43. The van der Waals surface area contributed by atoms with Crippen molar-refractivity contribution in [1.29, 1.82) is 0 Å². The molecular weight excluding hydrogens is 548 g/mol. The topological polar surface area (TPSA) is 0 Å². The summed E-state index contributed by atoms with van der Waals surface area (Å²) in [5.41, 5.74) is 9.03. The van der Waals surface area contributed by atoms with E-state index in [4.69, 9.17) is 0 Å². The minimum absolute atomic E-state index is 0. The SMILES string of the molecule is CCC(CC)(C1=[C-]CC=C1)C1C=Cc2ccccc21.CCC(CC)(C1=[C-]CC=C1)C1C=Cc2ccccc21.[Zr+2]. The maximum atomic E-state index is 3.58. The molecule has 0 heterocycles. The summed E-state index contributed by atoms with van der Waals surface area (Å²) in [6, 6.07) is 17.6. The Bertz CT molecular complexity index is 1220. The van der Waals surface area contributed by atoms with E-state index in [1.165, 1.54) is 59.1 Å². The Hall–Kier alpha value is -2.24. The van der Waals surface area contributed by atoms with Crippen LogP contribution in [-0.4, -0.2) is 0 Å². The van der Waals surface area contributed by atoms with Gasteiger partial charge < -0.3 is 0 Å². The predicted molar refractivity (Wildman–Crippen MR) is 163 cm³/mol. The van der Waals surface area contributed by atoms with E-state index < -0.39 is 0 Å². The van der Waals surface area contributed by atoms with Crippen LogP contribution in [0.25, 0.3) is 12.2 Å². The van der Waals surface area contributed by atoms with Gasteiger partial charge in [-0.2, -0.15) is 12.2 Å². The molecule has 4 aliphatic rings. The van der Waals surface area contributed by atoms with E-state index in [2.05, 4.69) is 137 Å². The van der Waals surface area contributed by atoms with Crippen molar-refractivity contribution in [2.45, 2.75) is 78.1 Å². The molecule has 0 nitrogen and oxygen atoms in total.